The summed E-state index contributed by atoms with van der Waals surface area (Å²) < 4.78 is 10.4. The van der Waals surface area contributed by atoms with Gasteiger partial charge in [-0.1, -0.05) is 33.4 Å². The highest BCUT2D eigenvalue weighted by molar-refractivity contribution is 8.76. The molecule has 4 amide bonds. The number of alkyl carbamates (subject to hydrolysis) is 2. The van der Waals surface area contributed by atoms with E-state index in [1.165, 1.54) is 21.6 Å². The van der Waals surface area contributed by atoms with Gasteiger partial charge in [0.05, 0.1) is 13.1 Å². The predicted molar refractivity (Wildman–Crippen MR) is 135 cm³/mol. The second-order valence-electron chi connectivity index (χ2n) is 8.81. The first-order valence-electron chi connectivity index (χ1n) is 10.3. The summed E-state index contributed by atoms with van der Waals surface area (Å²) in [5.74, 6) is 3.91. The summed E-state index contributed by atoms with van der Waals surface area (Å²) in [6, 6.07) is -1.87. The summed E-state index contributed by atoms with van der Waals surface area (Å²) in [6.07, 6.45) is 8.85. The smallest absolute Gasteiger partial charge is 0.408 e. The highest BCUT2D eigenvalue weighted by Crippen LogP contribution is 2.23. The Morgan fingerprint density at radius 3 is 1.32 bits per heavy atom. The molecule has 0 heterocycles. The Morgan fingerprint density at radius 1 is 0.735 bits per heavy atom. The fourth-order valence-electron chi connectivity index (χ4n) is 2.02. The third-order valence-electron chi connectivity index (χ3n) is 3.30. The zero-order valence-electron chi connectivity index (χ0n) is 20.4. The average molecular weight is 515 g/mol. The molecule has 0 spiro atoms. The lowest BCUT2D eigenvalue weighted by Crippen LogP contribution is -2.50. The third-order valence-corrected chi connectivity index (χ3v) is 5.72. The molecule has 0 aliphatic rings. The topological polar surface area (TPSA) is 135 Å². The Kier molecular flexibility index (Phi) is 14.0. The number of rotatable bonds is 11. The Balaban J connectivity index is 5.05. The van der Waals surface area contributed by atoms with E-state index < -0.39 is 47.3 Å². The molecule has 2 unspecified atom stereocenters. The minimum atomic E-state index is -0.937. The molecule has 0 aromatic rings. The van der Waals surface area contributed by atoms with Gasteiger partial charge in [-0.05, 0) is 41.5 Å². The van der Waals surface area contributed by atoms with Crippen LogP contribution in [-0.2, 0) is 19.1 Å². The molecule has 0 bridgehead atoms. The summed E-state index contributed by atoms with van der Waals surface area (Å²) >= 11 is 0. The van der Waals surface area contributed by atoms with E-state index in [9.17, 15) is 19.2 Å². The first-order valence-corrected chi connectivity index (χ1v) is 12.8. The van der Waals surface area contributed by atoms with E-state index in [0.29, 0.717) is 0 Å². The van der Waals surface area contributed by atoms with Crippen LogP contribution in [0.5, 0.6) is 0 Å². The molecule has 34 heavy (non-hydrogen) atoms. The van der Waals surface area contributed by atoms with Crippen molar-refractivity contribution in [3.8, 4) is 24.7 Å². The number of nitrogens with one attached hydrogen (secondary N) is 4. The van der Waals surface area contributed by atoms with Crippen LogP contribution in [0.2, 0.25) is 0 Å². The molecular formula is C22H34N4O6S2. The second kappa shape index (κ2) is 15.3. The standard InChI is InChI=1S/C22H34N4O6S2/c1-9-11-23-17(27)15(25-19(29)31-21(3,4)5)13-33-34-14-16(18(28)24-12-10-2)26-20(30)32-22(6,7)8/h1-2,15-16H,11-14H2,3-8H3,(H,23,27)(H,24,28)(H,25,29)(H,26,30). The molecule has 0 saturated heterocycles. The SMILES string of the molecule is C#CCNC(=O)C(CSSCC(NC(=O)OC(C)(C)C)C(=O)NCC#C)NC(=O)OC(C)(C)C. The molecule has 12 heteroatoms. The molecular weight excluding hydrogens is 480 g/mol. The van der Waals surface area contributed by atoms with Gasteiger partial charge in [-0.25, -0.2) is 9.59 Å². The van der Waals surface area contributed by atoms with Crippen LogP contribution in [-0.4, -0.2) is 71.9 Å². The van der Waals surface area contributed by atoms with Gasteiger partial charge in [-0.3, -0.25) is 9.59 Å². The quantitative estimate of drug-likeness (QED) is 0.186. The van der Waals surface area contributed by atoms with Crippen LogP contribution >= 0.6 is 21.6 Å². The molecule has 0 rings (SSSR count). The number of ether oxygens (including phenoxy) is 2. The number of carbonyl (C=O) groups is 4. The van der Waals surface area contributed by atoms with Gasteiger partial charge in [0.2, 0.25) is 11.8 Å². The van der Waals surface area contributed by atoms with E-state index in [4.69, 9.17) is 22.3 Å². The van der Waals surface area contributed by atoms with E-state index in [1.807, 2.05) is 0 Å². The minimum Gasteiger partial charge on any atom is -0.444 e. The normalized spacial score (nSPS) is 12.7. The lowest BCUT2D eigenvalue weighted by Gasteiger charge is -2.24. The minimum absolute atomic E-state index is 0.000370. The van der Waals surface area contributed by atoms with Crippen LogP contribution in [0.25, 0.3) is 0 Å². The Bertz CT molecular complexity index is 727. The van der Waals surface area contributed by atoms with Gasteiger partial charge in [0.15, 0.2) is 0 Å². The Hall–Kier alpha value is -2.70. The summed E-state index contributed by atoms with van der Waals surface area (Å²) in [4.78, 5) is 49.0. The van der Waals surface area contributed by atoms with Crippen molar-refractivity contribution < 1.29 is 28.7 Å². The van der Waals surface area contributed by atoms with Gasteiger partial charge in [0.1, 0.15) is 23.3 Å². The molecule has 4 N–H and O–H groups in total. The second-order valence-corrected chi connectivity index (χ2v) is 11.4. The summed E-state index contributed by atoms with van der Waals surface area (Å²) in [7, 11) is 2.43. The number of hydrogen-bond donors (Lipinski definition) is 4. The molecule has 0 aliphatic carbocycles. The van der Waals surface area contributed by atoms with Crippen LogP contribution in [0.4, 0.5) is 9.59 Å². The predicted octanol–water partition coefficient (Wildman–Crippen LogP) is 1.65. The zero-order chi connectivity index (χ0) is 26.4. The van der Waals surface area contributed by atoms with Crippen LogP contribution in [0, 0.1) is 24.7 Å². The third kappa shape index (κ3) is 16.0. The molecule has 10 nitrogen and oxygen atoms in total. The maximum absolute atomic E-state index is 12.4. The molecule has 190 valence electrons. The van der Waals surface area contributed by atoms with Crippen LogP contribution in [0.3, 0.4) is 0 Å². The highest BCUT2D eigenvalue weighted by atomic mass is 33.1. The largest absolute Gasteiger partial charge is 0.444 e. The molecule has 0 fully saturated rings. The maximum atomic E-state index is 12.4. The summed E-state index contributed by atoms with van der Waals surface area (Å²) in [5.41, 5.74) is -1.48. The first-order chi connectivity index (χ1) is 15.7. The van der Waals surface area contributed by atoms with Gasteiger partial charge >= 0.3 is 12.2 Å². The number of hydrogen-bond acceptors (Lipinski definition) is 8. The van der Waals surface area contributed by atoms with E-state index >= 15 is 0 Å². The van der Waals surface area contributed by atoms with E-state index in [0.717, 1.165) is 0 Å². The first kappa shape index (κ1) is 31.3. The van der Waals surface area contributed by atoms with Crippen LogP contribution in [0.1, 0.15) is 41.5 Å². The Morgan fingerprint density at radius 2 is 1.06 bits per heavy atom. The van der Waals surface area contributed by atoms with Gasteiger partial charge in [0.25, 0.3) is 0 Å². The summed E-state index contributed by atoms with van der Waals surface area (Å²) in [5, 5.41) is 10.1. The van der Waals surface area contributed by atoms with Crippen LogP contribution in [0.15, 0.2) is 0 Å². The van der Waals surface area contributed by atoms with Gasteiger partial charge in [-0.2, -0.15) is 0 Å². The van der Waals surface area contributed by atoms with E-state index in [2.05, 4.69) is 33.1 Å². The fourth-order valence-corrected chi connectivity index (χ4v) is 4.35. The van der Waals surface area contributed by atoms with Crippen molar-refractivity contribution in [2.24, 2.45) is 0 Å². The van der Waals surface area contributed by atoms with E-state index in [-0.39, 0.29) is 24.6 Å². The van der Waals surface area contributed by atoms with Crippen molar-refractivity contribution >= 4 is 45.6 Å². The van der Waals surface area contributed by atoms with Crippen molar-refractivity contribution in [1.29, 1.82) is 0 Å². The molecule has 2 atom stereocenters. The molecule has 0 aromatic carbocycles. The van der Waals surface area contributed by atoms with Crippen molar-refractivity contribution in [1.82, 2.24) is 21.3 Å². The number of terminal acetylenes is 2. The summed E-state index contributed by atoms with van der Waals surface area (Å²) in [6.45, 7) is 10.2. The van der Waals surface area contributed by atoms with Crippen molar-refractivity contribution in [3.05, 3.63) is 0 Å². The van der Waals surface area contributed by atoms with Crippen LogP contribution < -0.4 is 21.3 Å². The average Bonchev–Trinajstić information content (AvgIpc) is 2.68. The van der Waals surface area contributed by atoms with E-state index in [1.54, 1.807) is 41.5 Å². The van der Waals surface area contributed by atoms with Gasteiger partial charge < -0.3 is 30.7 Å². The molecule has 0 saturated carbocycles. The van der Waals surface area contributed by atoms with Gasteiger partial charge in [0, 0.05) is 11.5 Å². The molecule has 0 aliphatic heterocycles. The zero-order valence-corrected chi connectivity index (χ0v) is 22.0. The Labute approximate surface area is 209 Å². The van der Waals surface area contributed by atoms with Crippen molar-refractivity contribution in [3.63, 3.8) is 0 Å². The van der Waals surface area contributed by atoms with Crippen molar-refractivity contribution in [2.75, 3.05) is 24.6 Å². The lowest BCUT2D eigenvalue weighted by atomic mass is 10.2. The van der Waals surface area contributed by atoms with Gasteiger partial charge in [-0.15, -0.1) is 12.8 Å². The number of amides is 4. The molecule has 0 aromatic heterocycles. The maximum Gasteiger partial charge on any atom is 0.408 e. The lowest BCUT2D eigenvalue weighted by molar-refractivity contribution is -0.123. The highest BCUT2D eigenvalue weighted by Gasteiger charge is 2.26. The monoisotopic (exact) mass is 514 g/mol. The molecule has 0 radical (unpaired) electrons. The fraction of sp³-hybridized carbons (Fsp3) is 0.636. The van der Waals surface area contributed by atoms with Crippen molar-refractivity contribution in [2.45, 2.75) is 64.8 Å². The number of carbonyl (C=O) groups excluding carboxylic acids is 4.